The molecule has 1 saturated heterocycles. The summed E-state index contributed by atoms with van der Waals surface area (Å²) >= 11 is 1.37. The van der Waals surface area contributed by atoms with Gasteiger partial charge in [-0.3, -0.25) is 9.59 Å². The van der Waals surface area contributed by atoms with Crippen molar-refractivity contribution in [3.05, 3.63) is 29.7 Å². The number of carbonyl (C=O) groups excluding carboxylic acids is 1. The fourth-order valence-electron chi connectivity index (χ4n) is 2.95. The second-order valence-electron chi connectivity index (χ2n) is 6.14. The first-order valence-corrected chi connectivity index (χ1v) is 8.33. The van der Waals surface area contributed by atoms with E-state index in [4.69, 9.17) is 4.42 Å². The normalized spacial score (nSPS) is 21.1. The van der Waals surface area contributed by atoms with Gasteiger partial charge in [-0.25, -0.2) is 4.98 Å². The van der Waals surface area contributed by atoms with Gasteiger partial charge in [0, 0.05) is 24.0 Å². The lowest BCUT2D eigenvalue weighted by molar-refractivity contribution is -0.150. The van der Waals surface area contributed by atoms with Crippen LogP contribution in [0.15, 0.2) is 28.4 Å². The first-order valence-electron chi connectivity index (χ1n) is 7.45. The van der Waals surface area contributed by atoms with Crippen LogP contribution in [-0.2, 0) is 4.79 Å². The minimum atomic E-state index is -0.862. The topological polar surface area (TPSA) is 83.6 Å². The van der Waals surface area contributed by atoms with Crippen LogP contribution in [0.5, 0.6) is 0 Å². The first-order chi connectivity index (χ1) is 10.9. The van der Waals surface area contributed by atoms with Gasteiger partial charge in [-0.15, -0.1) is 11.3 Å². The third kappa shape index (κ3) is 2.65. The number of amides is 1. The van der Waals surface area contributed by atoms with Crippen LogP contribution in [0.25, 0.3) is 10.6 Å². The molecule has 0 aliphatic carbocycles. The summed E-state index contributed by atoms with van der Waals surface area (Å²) in [4.78, 5) is 30.2. The van der Waals surface area contributed by atoms with E-state index in [0.717, 1.165) is 10.6 Å². The molecule has 1 aliphatic rings. The standard InChI is InChI=1S/C16H18N2O4S/c1-10(2)16(15(20)21)4-5-18(9-16)14(19)12-8-23-13(17-12)11-3-6-22-7-11/h3,6-8,10H,4-5,9H2,1-2H3,(H,20,21). The summed E-state index contributed by atoms with van der Waals surface area (Å²) in [5.41, 5.74) is 0.327. The van der Waals surface area contributed by atoms with E-state index in [1.807, 2.05) is 13.8 Å². The molecule has 1 atom stereocenters. The smallest absolute Gasteiger partial charge is 0.311 e. The quantitative estimate of drug-likeness (QED) is 0.929. The maximum absolute atomic E-state index is 12.6. The molecule has 0 aromatic carbocycles. The predicted octanol–water partition coefficient (Wildman–Crippen LogP) is 2.98. The van der Waals surface area contributed by atoms with E-state index in [1.165, 1.54) is 11.3 Å². The van der Waals surface area contributed by atoms with Crippen molar-refractivity contribution in [2.75, 3.05) is 13.1 Å². The van der Waals surface area contributed by atoms with Gasteiger partial charge in [0.1, 0.15) is 17.0 Å². The van der Waals surface area contributed by atoms with E-state index < -0.39 is 11.4 Å². The van der Waals surface area contributed by atoms with Gasteiger partial charge in [0.25, 0.3) is 5.91 Å². The highest BCUT2D eigenvalue weighted by Gasteiger charge is 2.48. The Morgan fingerprint density at radius 3 is 2.83 bits per heavy atom. The summed E-state index contributed by atoms with van der Waals surface area (Å²) < 4.78 is 5.02. The summed E-state index contributed by atoms with van der Waals surface area (Å²) in [6, 6.07) is 1.79. The molecule has 1 aliphatic heterocycles. The summed E-state index contributed by atoms with van der Waals surface area (Å²) in [6.45, 7) is 4.46. The fraction of sp³-hybridized carbons (Fsp3) is 0.438. The van der Waals surface area contributed by atoms with Gasteiger partial charge in [-0.2, -0.15) is 0 Å². The number of likely N-dealkylation sites (tertiary alicyclic amines) is 1. The van der Waals surface area contributed by atoms with E-state index >= 15 is 0 Å². The molecule has 0 spiro atoms. The summed E-state index contributed by atoms with van der Waals surface area (Å²) in [6.07, 6.45) is 3.62. The van der Waals surface area contributed by atoms with Gasteiger partial charge >= 0.3 is 5.97 Å². The van der Waals surface area contributed by atoms with Crippen molar-refractivity contribution < 1.29 is 19.1 Å². The van der Waals surface area contributed by atoms with E-state index in [-0.39, 0.29) is 18.4 Å². The molecule has 0 bridgehead atoms. The van der Waals surface area contributed by atoms with Gasteiger partial charge < -0.3 is 14.4 Å². The molecule has 2 aromatic rings. The maximum atomic E-state index is 12.6. The molecule has 23 heavy (non-hydrogen) atoms. The molecule has 1 amide bonds. The number of furan rings is 1. The summed E-state index contributed by atoms with van der Waals surface area (Å²) in [5, 5.41) is 12.0. The zero-order chi connectivity index (χ0) is 16.6. The number of carboxylic acid groups (broad SMARTS) is 1. The van der Waals surface area contributed by atoms with Gasteiger partial charge in [-0.05, 0) is 18.4 Å². The third-order valence-electron chi connectivity index (χ3n) is 4.61. The predicted molar refractivity (Wildman–Crippen MR) is 85.2 cm³/mol. The Hall–Kier alpha value is -2.15. The molecule has 6 nitrogen and oxygen atoms in total. The molecule has 1 fully saturated rings. The number of carbonyl (C=O) groups is 2. The molecule has 0 radical (unpaired) electrons. The highest BCUT2D eigenvalue weighted by atomic mass is 32.1. The van der Waals surface area contributed by atoms with E-state index in [2.05, 4.69) is 4.98 Å². The molecular formula is C16H18N2O4S. The number of thiazole rings is 1. The van der Waals surface area contributed by atoms with Gasteiger partial charge in [0.15, 0.2) is 0 Å². The second-order valence-corrected chi connectivity index (χ2v) is 7.00. The Morgan fingerprint density at radius 2 is 2.26 bits per heavy atom. The van der Waals surface area contributed by atoms with Crippen LogP contribution < -0.4 is 0 Å². The van der Waals surface area contributed by atoms with Crippen molar-refractivity contribution in [1.82, 2.24) is 9.88 Å². The van der Waals surface area contributed by atoms with Crippen LogP contribution in [0.3, 0.4) is 0 Å². The Kier molecular flexibility index (Phi) is 3.97. The lowest BCUT2D eigenvalue weighted by atomic mass is 9.76. The van der Waals surface area contributed by atoms with Crippen molar-refractivity contribution >= 4 is 23.2 Å². The number of nitrogens with zero attached hydrogens (tertiary/aromatic N) is 2. The van der Waals surface area contributed by atoms with E-state index in [9.17, 15) is 14.7 Å². The number of aromatic nitrogens is 1. The molecule has 1 N–H and O–H groups in total. The number of hydrogen-bond acceptors (Lipinski definition) is 5. The van der Waals surface area contributed by atoms with Gasteiger partial charge in [0.05, 0.1) is 11.7 Å². The average molecular weight is 334 g/mol. The average Bonchev–Trinajstić information content (AvgIpc) is 3.25. The maximum Gasteiger partial charge on any atom is 0.311 e. The van der Waals surface area contributed by atoms with Gasteiger partial charge in [0.2, 0.25) is 0 Å². The molecule has 122 valence electrons. The van der Waals surface area contributed by atoms with Crippen molar-refractivity contribution in [3.63, 3.8) is 0 Å². The fourth-order valence-corrected chi connectivity index (χ4v) is 3.73. The zero-order valence-electron chi connectivity index (χ0n) is 13.0. The Morgan fingerprint density at radius 1 is 1.48 bits per heavy atom. The second kappa shape index (κ2) is 5.81. The number of aliphatic carboxylic acids is 1. The highest BCUT2D eigenvalue weighted by Crippen LogP contribution is 2.38. The molecule has 3 rings (SSSR count). The lowest BCUT2D eigenvalue weighted by Crippen LogP contribution is -2.40. The Bertz CT molecular complexity index is 722. The van der Waals surface area contributed by atoms with Crippen LogP contribution in [0.4, 0.5) is 0 Å². The van der Waals surface area contributed by atoms with Crippen LogP contribution in [0, 0.1) is 11.3 Å². The minimum Gasteiger partial charge on any atom is -0.481 e. The summed E-state index contributed by atoms with van der Waals surface area (Å²) in [7, 11) is 0. The Balaban J connectivity index is 1.78. The van der Waals surface area contributed by atoms with Crippen LogP contribution in [0.2, 0.25) is 0 Å². The highest BCUT2D eigenvalue weighted by molar-refractivity contribution is 7.13. The largest absolute Gasteiger partial charge is 0.481 e. The molecule has 2 aromatic heterocycles. The van der Waals surface area contributed by atoms with Crippen LogP contribution in [0.1, 0.15) is 30.8 Å². The number of carboxylic acids is 1. The first kappa shape index (κ1) is 15.7. The van der Waals surface area contributed by atoms with Crippen molar-refractivity contribution in [1.29, 1.82) is 0 Å². The summed E-state index contributed by atoms with van der Waals surface area (Å²) in [5.74, 6) is -1.07. The number of rotatable bonds is 4. The van der Waals surface area contributed by atoms with Crippen LogP contribution in [-0.4, -0.2) is 40.0 Å². The van der Waals surface area contributed by atoms with Crippen molar-refractivity contribution in [2.24, 2.45) is 11.3 Å². The minimum absolute atomic E-state index is 0.0327. The molecule has 1 unspecified atom stereocenters. The molecule has 3 heterocycles. The molecular weight excluding hydrogens is 316 g/mol. The third-order valence-corrected chi connectivity index (χ3v) is 5.50. The number of hydrogen-bond donors (Lipinski definition) is 1. The molecule has 7 heteroatoms. The van der Waals surface area contributed by atoms with E-state index in [1.54, 1.807) is 28.9 Å². The van der Waals surface area contributed by atoms with Crippen molar-refractivity contribution in [2.45, 2.75) is 20.3 Å². The zero-order valence-corrected chi connectivity index (χ0v) is 13.8. The van der Waals surface area contributed by atoms with Crippen molar-refractivity contribution in [3.8, 4) is 10.6 Å². The molecule has 0 saturated carbocycles. The van der Waals surface area contributed by atoms with Gasteiger partial charge in [-0.1, -0.05) is 13.8 Å². The SMILES string of the molecule is CC(C)C1(C(=O)O)CCN(C(=O)c2csc(-c3ccoc3)n2)C1. The van der Waals surface area contributed by atoms with E-state index in [0.29, 0.717) is 18.7 Å². The Labute approximate surface area is 137 Å². The monoisotopic (exact) mass is 334 g/mol. The lowest BCUT2D eigenvalue weighted by Gasteiger charge is -2.28. The van der Waals surface area contributed by atoms with Crippen LogP contribution >= 0.6 is 11.3 Å².